The van der Waals surface area contributed by atoms with Crippen LogP contribution in [-0.2, 0) is 19.9 Å². The number of imidazole rings is 1. The summed E-state index contributed by atoms with van der Waals surface area (Å²) in [5, 5.41) is 0.635. The van der Waals surface area contributed by atoms with Crippen molar-refractivity contribution in [2.45, 2.75) is 12.8 Å². The summed E-state index contributed by atoms with van der Waals surface area (Å²) in [7, 11) is 3.49. The maximum Gasteiger partial charge on any atom is 0.200 e. The van der Waals surface area contributed by atoms with Crippen molar-refractivity contribution in [3.8, 4) is 5.75 Å². The normalized spacial score (nSPS) is 10.6. The smallest absolute Gasteiger partial charge is 0.200 e. The van der Waals surface area contributed by atoms with Crippen LogP contribution in [0.3, 0.4) is 0 Å². The lowest BCUT2D eigenvalue weighted by Crippen LogP contribution is -1.95. The molecule has 2 rings (SSSR count). The minimum absolute atomic E-state index is 0.540. The second-order valence-electron chi connectivity index (χ2n) is 4.17. The van der Waals surface area contributed by atoms with Gasteiger partial charge in [0.25, 0.3) is 0 Å². The zero-order valence-corrected chi connectivity index (χ0v) is 11.2. The summed E-state index contributed by atoms with van der Waals surface area (Å²) in [6, 6.07) is 5.81. The van der Waals surface area contributed by atoms with Gasteiger partial charge in [-0.3, -0.25) is 0 Å². The molecule has 0 aliphatic carbocycles. The molecule has 4 nitrogen and oxygen atoms in total. The quantitative estimate of drug-likeness (QED) is 0.924. The van der Waals surface area contributed by atoms with Gasteiger partial charge < -0.3 is 15.0 Å². The predicted octanol–water partition coefficient (Wildman–Crippen LogP) is 2.45. The number of nitrogens with zero attached hydrogens (tertiary/aromatic N) is 2. The topological polar surface area (TPSA) is 53.1 Å². The zero-order valence-electron chi connectivity index (χ0n) is 10.5. The standard InChI is InChI=1S/C13H16ClN3O/c1-17-8-10(16-13(17)15)5-3-9-4-6-12(18-2)11(14)7-9/h4,6-8H,3,5H2,1-2H3,(H2,15,16). The molecule has 5 heteroatoms. The minimum Gasteiger partial charge on any atom is -0.495 e. The monoisotopic (exact) mass is 265 g/mol. The molecule has 1 heterocycles. The van der Waals surface area contributed by atoms with Gasteiger partial charge in [0.15, 0.2) is 5.95 Å². The van der Waals surface area contributed by atoms with Crippen molar-refractivity contribution < 1.29 is 4.74 Å². The number of anilines is 1. The third-order valence-electron chi connectivity index (χ3n) is 2.85. The van der Waals surface area contributed by atoms with Crippen molar-refractivity contribution in [2.24, 2.45) is 7.05 Å². The van der Waals surface area contributed by atoms with E-state index < -0.39 is 0 Å². The molecule has 0 atom stereocenters. The molecule has 0 aliphatic rings. The van der Waals surface area contributed by atoms with E-state index >= 15 is 0 Å². The molecular weight excluding hydrogens is 250 g/mol. The first-order chi connectivity index (χ1) is 8.60. The van der Waals surface area contributed by atoms with Gasteiger partial charge >= 0.3 is 0 Å². The highest BCUT2D eigenvalue weighted by molar-refractivity contribution is 6.32. The molecule has 0 bridgehead atoms. The van der Waals surface area contributed by atoms with E-state index in [1.807, 2.05) is 36.0 Å². The Morgan fingerprint density at radius 2 is 2.17 bits per heavy atom. The first kappa shape index (κ1) is 12.8. The van der Waals surface area contributed by atoms with Crippen LogP contribution in [0.25, 0.3) is 0 Å². The van der Waals surface area contributed by atoms with Gasteiger partial charge in [-0.05, 0) is 30.5 Å². The van der Waals surface area contributed by atoms with E-state index in [-0.39, 0.29) is 0 Å². The average Bonchev–Trinajstić information content (AvgIpc) is 2.66. The van der Waals surface area contributed by atoms with Gasteiger partial charge in [0.05, 0.1) is 17.8 Å². The number of nitrogens with two attached hydrogens (primary N) is 1. The fraction of sp³-hybridized carbons (Fsp3) is 0.308. The molecule has 2 N–H and O–H groups in total. The summed E-state index contributed by atoms with van der Waals surface area (Å²) in [5.74, 6) is 1.24. The second-order valence-corrected chi connectivity index (χ2v) is 4.58. The fourth-order valence-electron chi connectivity index (χ4n) is 1.80. The Morgan fingerprint density at radius 3 is 2.72 bits per heavy atom. The van der Waals surface area contributed by atoms with Gasteiger partial charge in [-0.2, -0.15) is 0 Å². The molecule has 2 aromatic rings. The van der Waals surface area contributed by atoms with Crippen molar-refractivity contribution in [2.75, 3.05) is 12.8 Å². The molecule has 0 radical (unpaired) electrons. The molecule has 0 spiro atoms. The van der Waals surface area contributed by atoms with Crippen molar-refractivity contribution in [1.29, 1.82) is 0 Å². The summed E-state index contributed by atoms with van der Waals surface area (Å²) in [5.41, 5.74) is 7.83. The SMILES string of the molecule is COc1ccc(CCc2cn(C)c(N)n2)cc1Cl. The summed E-state index contributed by atoms with van der Waals surface area (Å²) < 4.78 is 6.93. The Morgan fingerprint density at radius 1 is 1.39 bits per heavy atom. The van der Waals surface area contributed by atoms with E-state index in [2.05, 4.69) is 4.98 Å². The molecule has 0 saturated heterocycles. The number of hydrogen-bond donors (Lipinski definition) is 1. The first-order valence-corrected chi connectivity index (χ1v) is 6.08. The largest absolute Gasteiger partial charge is 0.495 e. The maximum absolute atomic E-state index is 6.08. The van der Waals surface area contributed by atoms with Crippen LogP contribution in [0.1, 0.15) is 11.3 Å². The first-order valence-electron chi connectivity index (χ1n) is 5.70. The van der Waals surface area contributed by atoms with E-state index in [0.717, 1.165) is 24.1 Å². The minimum atomic E-state index is 0.540. The number of halogens is 1. The van der Waals surface area contributed by atoms with Crippen molar-refractivity contribution in [3.05, 3.63) is 40.7 Å². The zero-order chi connectivity index (χ0) is 13.1. The highest BCUT2D eigenvalue weighted by Gasteiger charge is 2.05. The third kappa shape index (κ3) is 2.76. The maximum atomic E-state index is 6.08. The molecule has 0 unspecified atom stereocenters. The van der Waals surface area contributed by atoms with Crippen molar-refractivity contribution in [1.82, 2.24) is 9.55 Å². The van der Waals surface area contributed by atoms with Crippen molar-refractivity contribution >= 4 is 17.5 Å². The Kier molecular flexibility index (Phi) is 3.77. The second kappa shape index (κ2) is 5.31. The van der Waals surface area contributed by atoms with E-state index in [0.29, 0.717) is 16.7 Å². The molecule has 0 aliphatic heterocycles. The molecule has 0 saturated carbocycles. The van der Waals surface area contributed by atoms with Gasteiger partial charge in [-0.15, -0.1) is 0 Å². The number of ether oxygens (including phenoxy) is 1. The van der Waals surface area contributed by atoms with Gasteiger partial charge in [-0.1, -0.05) is 17.7 Å². The number of aryl methyl sites for hydroxylation is 3. The van der Waals surface area contributed by atoms with Crippen LogP contribution < -0.4 is 10.5 Å². The summed E-state index contributed by atoms with van der Waals surface area (Å²) in [4.78, 5) is 4.26. The lowest BCUT2D eigenvalue weighted by molar-refractivity contribution is 0.415. The van der Waals surface area contributed by atoms with Crippen LogP contribution in [0, 0.1) is 0 Å². The molecule has 0 amide bonds. The Hall–Kier alpha value is -1.68. The van der Waals surface area contributed by atoms with Gasteiger partial charge in [0.1, 0.15) is 5.75 Å². The van der Waals surface area contributed by atoms with Gasteiger partial charge in [-0.25, -0.2) is 4.98 Å². The number of aromatic nitrogens is 2. The molecular formula is C13H16ClN3O. The van der Waals surface area contributed by atoms with Crippen LogP contribution in [0.15, 0.2) is 24.4 Å². The average molecular weight is 266 g/mol. The molecule has 0 fully saturated rings. The van der Waals surface area contributed by atoms with Gasteiger partial charge in [0.2, 0.25) is 0 Å². The number of nitrogen functional groups attached to an aromatic ring is 1. The number of rotatable bonds is 4. The Bertz CT molecular complexity index is 532. The Labute approximate surface area is 111 Å². The van der Waals surface area contributed by atoms with Crippen LogP contribution in [-0.4, -0.2) is 16.7 Å². The van der Waals surface area contributed by atoms with E-state index in [4.69, 9.17) is 22.1 Å². The number of hydrogen-bond acceptors (Lipinski definition) is 3. The van der Waals surface area contributed by atoms with Crippen molar-refractivity contribution in [3.63, 3.8) is 0 Å². The van der Waals surface area contributed by atoms with Crippen LogP contribution >= 0.6 is 11.6 Å². The van der Waals surface area contributed by atoms with E-state index in [1.54, 1.807) is 7.11 Å². The molecule has 96 valence electrons. The van der Waals surface area contributed by atoms with Crippen LogP contribution in [0.5, 0.6) is 5.75 Å². The van der Waals surface area contributed by atoms with E-state index in [1.165, 1.54) is 0 Å². The highest BCUT2D eigenvalue weighted by Crippen LogP contribution is 2.25. The Balaban J connectivity index is 2.04. The van der Waals surface area contributed by atoms with Crippen LogP contribution in [0.4, 0.5) is 5.95 Å². The third-order valence-corrected chi connectivity index (χ3v) is 3.14. The van der Waals surface area contributed by atoms with Gasteiger partial charge in [0, 0.05) is 13.2 Å². The highest BCUT2D eigenvalue weighted by atomic mass is 35.5. The summed E-state index contributed by atoms with van der Waals surface area (Å²) in [6.45, 7) is 0. The molecule has 1 aromatic heterocycles. The summed E-state index contributed by atoms with van der Waals surface area (Å²) >= 11 is 6.08. The lowest BCUT2D eigenvalue weighted by Gasteiger charge is -2.05. The van der Waals surface area contributed by atoms with Crippen LogP contribution in [0.2, 0.25) is 5.02 Å². The molecule has 18 heavy (non-hydrogen) atoms. The fourth-order valence-corrected chi connectivity index (χ4v) is 2.08. The molecule has 1 aromatic carbocycles. The predicted molar refractivity (Wildman–Crippen MR) is 73.0 cm³/mol. The number of methoxy groups -OCH3 is 1. The van der Waals surface area contributed by atoms with E-state index in [9.17, 15) is 0 Å². The summed E-state index contributed by atoms with van der Waals surface area (Å²) in [6.07, 6.45) is 3.66. The lowest BCUT2D eigenvalue weighted by atomic mass is 10.1. The number of benzene rings is 1.